The molecule has 1 rings (SSSR count). The van der Waals surface area contributed by atoms with Crippen LogP contribution in [0.3, 0.4) is 0 Å². The molecule has 4 heteroatoms. The predicted molar refractivity (Wildman–Crippen MR) is 55.2 cm³/mol. The molecule has 0 bridgehead atoms. The van der Waals surface area contributed by atoms with Crippen molar-refractivity contribution in [1.82, 2.24) is 10.2 Å². The van der Waals surface area contributed by atoms with Gasteiger partial charge < -0.3 is 15.0 Å². The first-order chi connectivity index (χ1) is 6.65. The molecule has 2 atom stereocenters. The number of nitrogens with one attached hydrogen (secondary N) is 1. The molecule has 0 aromatic carbocycles. The minimum Gasteiger partial charge on any atom is -0.449 e. The molecule has 0 aliphatic heterocycles. The topological polar surface area (TPSA) is 41.6 Å². The van der Waals surface area contributed by atoms with E-state index >= 15 is 0 Å². The lowest BCUT2D eigenvalue weighted by atomic mass is 10.1. The van der Waals surface area contributed by atoms with Crippen LogP contribution in [0, 0.1) is 5.92 Å². The average Bonchev–Trinajstić information content (AvgIpc) is 2.60. The van der Waals surface area contributed by atoms with Gasteiger partial charge in [-0.15, -0.1) is 0 Å². The third-order valence-corrected chi connectivity index (χ3v) is 2.82. The Morgan fingerprint density at radius 1 is 1.50 bits per heavy atom. The maximum Gasteiger partial charge on any atom is 0.409 e. The van der Waals surface area contributed by atoms with Crippen LogP contribution in [0.5, 0.6) is 0 Å². The highest BCUT2D eigenvalue weighted by Crippen LogP contribution is 2.25. The highest BCUT2D eigenvalue weighted by atomic mass is 16.6. The molecular formula is C10H20N2O2. The van der Waals surface area contributed by atoms with E-state index in [0.717, 1.165) is 6.42 Å². The number of nitrogens with zero attached hydrogens (tertiary/aromatic N) is 1. The minimum atomic E-state index is -0.244. The van der Waals surface area contributed by atoms with E-state index in [2.05, 4.69) is 5.32 Å². The fourth-order valence-electron chi connectivity index (χ4n) is 1.92. The molecule has 1 N–H and O–H groups in total. The SMILES string of the molecule is CN[C@H]1CCC[C@H]1COC(=O)N(C)C. The van der Waals surface area contributed by atoms with Gasteiger partial charge in [0.05, 0.1) is 6.61 Å². The van der Waals surface area contributed by atoms with Crippen molar-refractivity contribution >= 4 is 6.09 Å². The van der Waals surface area contributed by atoms with Crippen LogP contribution in [-0.4, -0.2) is 44.8 Å². The Hall–Kier alpha value is -0.770. The molecule has 4 nitrogen and oxygen atoms in total. The summed E-state index contributed by atoms with van der Waals surface area (Å²) in [6, 6.07) is 0.518. The van der Waals surface area contributed by atoms with Crippen LogP contribution in [-0.2, 0) is 4.74 Å². The van der Waals surface area contributed by atoms with E-state index < -0.39 is 0 Å². The normalized spacial score (nSPS) is 26.2. The summed E-state index contributed by atoms with van der Waals surface area (Å²) in [7, 11) is 5.37. The molecule has 1 saturated carbocycles. The standard InChI is InChI=1S/C10H20N2O2/c1-11-9-6-4-5-8(9)7-14-10(13)12(2)3/h8-9,11H,4-7H2,1-3H3/t8-,9-/m0/s1. The number of hydrogen-bond donors (Lipinski definition) is 1. The Bertz CT molecular complexity index is 195. The Kier molecular flexibility index (Phi) is 4.20. The summed E-state index contributed by atoms with van der Waals surface area (Å²) in [6.07, 6.45) is 3.34. The Labute approximate surface area is 85.6 Å². The zero-order valence-electron chi connectivity index (χ0n) is 9.25. The molecule has 0 radical (unpaired) electrons. The van der Waals surface area contributed by atoms with E-state index in [1.165, 1.54) is 17.7 Å². The highest BCUT2D eigenvalue weighted by molar-refractivity contribution is 5.66. The molecule has 14 heavy (non-hydrogen) atoms. The average molecular weight is 200 g/mol. The summed E-state index contributed by atoms with van der Waals surface area (Å²) in [5.41, 5.74) is 0. The van der Waals surface area contributed by atoms with Crippen LogP contribution in [0.4, 0.5) is 4.79 Å². The van der Waals surface area contributed by atoms with Gasteiger partial charge in [0.1, 0.15) is 0 Å². The van der Waals surface area contributed by atoms with Crippen molar-refractivity contribution in [3.05, 3.63) is 0 Å². The lowest BCUT2D eigenvalue weighted by Crippen LogP contribution is -2.33. The monoisotopic (exact) mass is 200 g/mol. The Balaban J connectivity index is 2.27. The Morgan fingerprint density at radius 2 is 2.21 bits per heavy atom. The molecule has 82 valence electrons. The minimum absolute atomic E-state index is 0.244. The van der Waals surface area contributed by atoms with Crippen molar-refractivity contribution in [2.45, 2.75) is 25.3 Å². The van der Waals surface area contributed by atoms with Crippen LogP contribution in [0.2, 0.25) is 0 Å². The number of carbonyl (C=O) groups is 1. The van der Waals surface area contributed by atoms with Crippen molar-refractivity contribution in [1.29, 1.82) is 0 Å². The van der Waals surface area contributed by atoms with Gasteiger partial charge in [0.25, 0.3) is 0 Å². The molecule has 0 saturated heterocycles. The molecule has 0 aromatic rings. The van der Waals surface area contributed by atoms with Crippen LogP contribution in [0.25, 0.3) is 0 Å². The van der Waals surface area contributed by atoms with Gasteiger partial charge in [0, 0.05) is 26.1 Å². The maximum atomic E-state index is 11.2. The third kappa shape index (κ3) is 2.87. The van der Waals surface area contributed by atoms with Gasteiger partial charge in [0.15, 0.2) is 0 Å². The van der Waals surface area contributed by atoms with Gasteiger partial charge in [-0.05, 0) is 19.9 Å². The van der Waals surface area contributed by atoms with Crippen molar-refractivity contribution < 1.29 is 9.53 Å². The van der Waals surface area contributed by atoms with Crippen molar-refractivity contribution in [2.75, 3.05) is 27.7 Å². The summed E-state index contributed by atoms with van der Waals surface area (Å²) in [5, 5.41) is 3.26. The van der Waals surface area contributed by atoms with Gasteiger partial charge in [-0.25, -0.2) is 4.79 Å². The van der Waals surface area contributed by atoms with Gasteiger partial charge >= 0.3 is 6.09 Å². The lowest BCUT2D eigenvalue weighted by Gasteiger charge is -2.19. The van der Waals surface area contributed by atoms with Gasteiger partial charge in [-0.3, -0.25) is 0 Å². The lowest BCUT2D eigenvalue weighted by molar-refractivity contribution is 0.0977. The second-order valence-corrected chi connectivity index (χ2v) is 4.06. The first kappa shape index (κ1) is 11.3. The molecule has 0 spiro atoms. The molecule has 1 aliphatic rings. The summed E-state index contributed by atoms with van der Waals surface area (Å²) >= 11 is 0. The third-order valence-electron chi connectivity index (χ3n) is 2.82. The summed E-state index contributed by atoms with van der Waals surface area (Å²) in [6.45, 7) is 0.544. The van der Waals surface area contributed by atoms with E-state index in [1.54, 1.807) is 14.1 Å². The maximum absolute atomic E-state index is 11.2. The molecular weight excluding hydrogens is 180 g/mol. The fourth-order valence-corrected chi connectivity index (χ4v) is 1.92. The van der Waals surface area contributed by atoms with Gasteiger partial charge in [-0.1, -0.05) is 6.42 Å². The summed E-state index contributed by atoms with van der Waals surface area (Å²) < 4.78 is 5.17. The molecule has 1 fully saturated rings. The van der Waals surface area contributed by atoms with Crippen molar-refractivity contribution in [3.63, 3.8) is 0 Å². The number of carbonyl (C=O) groups excluding carboxylic acids is 1. The quantitative estimate of drug-likeness (QED) is 0.741. The molecule has 0 heterocycles. The van der Waals surface area contributed by atoms with Crippen LogP contribution in [0.15, 0.2) is 0 Å². The number of ether oxygens (including phenoxy) is 1. The number of hydrogen-bond acceptors (Lipinski definition) is 3. The van der Waals surface area contributed by atoms with E-state index in [-0.39, 0.29) is 6.09 Å². The zero-order chi connectivity index (χ0) is 10.6. The summed E-state index contributed by atoms with van der Waals surface area (Å²) in [4.78, 5) is 12.6. The van der Waals surface area contributed by atoms with E-state index in [4.69, 9.17) is 4.74 Å². The first-order valence-electron chi connectivity index (χ1n) is 5.16. The smallest absolute Gasteiger partial charge is 0.409 e. The molecule has 1 amide bonds. The second-order valence-electron chi connectivity index (χ2n) is 4.06. The van der Waals surface area contributed by atoms with Crippen LogP contribution < -0.4 is 5.32 Å². The molecule has 0 unspecified atom stereocenters. The largest absolute Gasteiger partial charge is 0.449 e. The number of rotatable bonds is 3. The first-order valence-corrected chi connectivity index (χ1v) is 5.16. The summed E-state index contributed by atoms with van der Waals surface area (Å²) in [5.74, 6) is 0.490. The number of amides is 1. The van der Waals surface area contributed by atoms with Crippen LogP contribution in [0.1, 0.15) is 19.3 Å². The second kappa shape index (κ2) is 5.20. The van der Waals surface area contributed by atoms with Crippen LogP contribution >= 0.6 is 0 Å². The van der Waals surface area contributed by atoms with E-state index in [1.807, 2.05) is 7.05 Å². The van der Waals surface area contributed by atoms with E-state index in [9.17, 15) is 4.79 Å². The predicted octanol–water partition coefficient (Wildman–Crippen LogP) is 1.07. The van der Waals surface area contributed by atoms with Gasteiger partial charge in [-0.2, -0.15) is 0 Å². The molecule has 1 aliphatic carbocycles. The van der Waals surface area contributed by atoms with Crippen molar-refractivity contribution in [3.8, 4) is 0 Å². The zero-order valence-corrected chi connectivity index (χ0v) is 9.25. The Morgan fingerprint density at radius 3 is 2.79 bits per heavy atom. The molecule has 0 aromatic heterocycles. The van der Waals surface area contributed by atoms with E-state index in [0.29, 0.717) is 18.6 Å². The van der Waals surface area contributed by atoms with Crippen molar-refractivity contribution in [2.24, 2.45) is 5.92 Å². The van der Waals surface area contributed by atoms with Gasteiger partial charge in [0.2, 0.25) is 0 Å². The highest BCUT2D eigenvalue weighted by Gasteiger charge is 2.27. The fraction of sp³-hybridized carbons (Fsp3) is 0.900.